The predicted molar refractivity (Wildman–Crippen MR) is 118 cm³/mol. The predicted octanol–water partition coefficient (Wildman–Crippen LogP) is 3.52. The van der Waals surface area contributed by atoms with Crippen LogP contribution in [-0.2, 0) is 16.1 Å². The van der Waals surface area contributed by atoms with Gasteiger partial charge in [-0.25, -0.2) is 4.79 Å². The third-order valence-corrected chi connectivity index (χ3v) is 5.26. The summed E-state index contributed by atoms with van der Waals surface area (Å²) in [6.45, 7) is 3.28. The van der Waals surface area contributed by atoms with Gasteiger partial charge in [0.2, 0.25) is 5.76 Å². The molecule has 0 spiro atoms. The lowest BCUT2D eigenvalue weighted by atomic mass is 10.2. The zero-order valence-corrected chi connectivity index (χ0v) is 17.9. The molecule has 0 fully saturated rings. The number of ether oxygens (including phenoxy) is 1. The second-order valence-electron chi connectivity index (χ2n) is 7.31. The summed E-state index contributed by atoms with van der Waals surface area (Å²) < 4.78 is 17.6. The first-order chi connectivity index (χ1) is 15.9. The number of hydrogen-bond acceptors (Lipinski definition) is 7. The van der Waals surface area contributed by atoms with Gasteiger partial charge >= 0.3 is 5.97 Å². The van der Waals surface area contributed by atoms with Gasteiger partial charge in [0.25, 0.3) is 5.91 Å². The van der Waals surface area contributed by atoms with Crippen molar-refractivity contribution in [2.24, 2.45) is 0 Å². The molecule has 4 aromatic rings. The van der Waals surface area contributed by atoms with Gasteiger partial charge in [0.1, 0.15) is 23.2 Å². The standard InChI is InChI=1S/C24H19N3O6/c1-14-15(2)27(12-16-6-5-9-31-16)23(18(14)11-25)26-22(29)13-32-24(30)21-10-19(28)17-7-3-4-8-20(17)33-21/h3-10H,12-13H2,1-2H3,(H,26,29). The summed E-state index contributed by atoms with van der Waals surface area (Å²) in [5.74, 6) is -0.988. The summed E-state index contributed by atoms with van der Waals surface area (Å²) in [5, 5.41) is 12.6. The maximum absolute atomic E-state index is 12.5. The second kappa shape index (κ2) is 8.88. The minimum absolute atomic E-state index is 0.238. The Morgan fingerprint density at radius 1 is 1.18 bits per heavy atom. The number of anilines is 1. The number of carbonyl (C=O) groups excluding carboxylic acids is 2. The van der Waals surface area contributed by atoms with Gasteiger partial charge in [-0.2, -0.15) is 5.26 Å². The lowest BCUT2D eigenvalue weighted by Gasteiger charge is -2.12. The summed E-state index contributed by atoms with van der Waals surface area (Å²) in [4.78, 5) is 37.1. The molecular weight excluding hydrogens is 426 g/mol. The van der Waals surface area contributed by atoms with E-state index >= 15 is 0 Å². The number of nitriles is 1. The fourth-order valence-corrected chi connectivity index (χ4v) is 3.46. The van der Waals surface area contributed by atoms with E-state index in [0.29, 0.717) is 28.8 Å². The first-order valence-electron chi connectivity index (χ1n) is 10.0. The van der Waals surface area contributed by atoms with E-state index < -0.39 is 23.9 Å². The maximum Gasteiger partial charge on any atom is 0.374 e. The van der Waals surface area contributed by atoms with Gasteiger partial charge in [-0.05, 0) is 43.7 Å². The Labute approximate surface area is 187 Å². The summed E-state index contributed by atoms with van der Waals surface area (Å²) in [5.41, 5.74) is 1.65. The van der Waals surface area contributed by atoms with E-state index in [1.54, 1.807) is 47.9 Å². The van der Waals surface area contributed by atoms with Crippen molar-refractivity contribution in [3.05, 3.63) is 87.3 Å². The summed E-state index contributed by atoms with van der Waals surface area (Å²) in [6, 6.07) is 13.1. The third-order valence-electron chi connectivity index (χ3n) is 5.26. The number of furan rings is 1. The average Bonchev–Trinajstić information content (AvgIpc) is 3.40. The molecule has 0 radical (unpaired) electrons. The van der Waals surface area contributed by atoms with Crippen molar-refractivity contribution < 1.29 is 23.2 Å². The highest BCUT2D eigenvalue weighted by Crippen LogP contribution is 2.27. The molecule has 0 atom stereocenters. The van der Waals surface area contributed by atoms with Crippen LogP contribution in [-0.4, -0.2) is 23.1 Å². The first kappa shape index (κ1) is 21.6. The lowest BCUT2D eigenvalue weighted by molar-refractivity contribution is -0.119. The van der Waals surface area contributed by atoms with Crippen LogP contribution in [0.4, 0.5) is 5.82 Å². The van der Waals surface area contributed by atoms with Crippen molar-refractivity contribution in [1.29, 1.82) is 5.26 Å². The van der Waals surface area contributed by atoms with E-state index in [9.17, 15) is 19.6 Å². The number of carbonyl (C=O) groups is 2. The molecule has 9 nitrogen and oxygen atoms in total. The zero-order valence-electron chi connectivity index (χ0n) is 17.9. The molecule has 4 rings (SSSR count). The molecule has 0 saturated heterocycles. The molecule has 166 valence electrons. The van der Waals surface area contributed by atoms with Crippen molar-refractivity contribution in [3.63, 3.8) is 0 Å². The molecule has 1 N–H and O–H groups in total. The van der Waals surface area contributed by atoms with Crippen molar-refractivity contribution in [2.75, 3.05) is 11.9 Å². The maximum atomic E-state index is 12.5. The van der Waals surface area contributed by atoms with E-state index in [-0.39, 0.29) is 17.2 Å². The minimum Gasteiger partial charge on any atom is -0.467 e. The number of rotatable bonds is 6. The van der Waals surface area contributed by atoms with E-state index in [1.165, 1.54) is 6.26 Å². The van der Waals surface area contributed by atoms with Crippen molar-refractivity contribution in [2.45, 2.75) is 20.4 Å². The number of aromatic nitrogens is 1. The number of para-hydroxylation sites is 1. The van der Waals surface area contributed by atoms with E-state index in [0.717, 1.165) is 11.8 Å². The number of esters is 1. The van der Waals surface area contributed by atoms with Crippen LogP contribution in [0.15, 0.2) is 62.4 Å². The van der Waals surface area contributed by atoms with Gasteiger partial charge in [0.05, 0.1) is 23.8 Å². The highest BCUT2D eigenvalue weighted by atomic mass is 16.5. The summed E-state index contributed by atoms with van der Waals surface area (Å²) in [6.07, 6.45) is 1.54. The Balaban J connectivity index is 1.50. The molecule has 33 heavy (non-hydrogen) atoms. The molecule has 0 saturated carbocycles. The van der Waals surface area contributed by atoms with Crippen LogP contribution in [0.5, 0.6) is 0 Å². The highest BCUT2D eigenvalue weighted by Gasteiger charge is 2.21. The molecule has 0 aliphatic rings. The van der Waals surface area contributed by atoms with Crippen LogP contribution in [0.2, 0.25) is 0 Å². The van der Waals surface area contributed by atoms with Crippen LogP contribution in [0.1, 0.15) is 33.1 Å². The van der Waals surface area contributed by atoms with E-state index in [2.05, 4.69) is 11.4 Å². The molecule has 9 heteroatoms. The fraction of sp³-hybridized carbons (Fsp3) is 0.167. The number of nitrogens with one attached hydrogen (secondary N) is 1. The van der Waals surface area contributed by atoms with Gasteiger partial charge in [-0.15, -0.1) is 0 Å². The van der Waals surface area contributed by atoms with Crippen LogP contribution in [0, 0.1) is 25.2 Å². The van der Waals surface area contributed by atoms with Gasteiger partial charge in [-0.3, -0.25) is 9.59 Å². The summed E-state index contributed by atoms with van der Waals surface area (Å²) >= 11 is 0. The molecule has 3 heterocycles. The quantitative estimate of drug-likeness (QED) is 0.450. The first-order valence-corrected chi connectivity index (χ1v) is 10.0. The van der Waals surface area contributed by atoms with Crippen molar-refractivity contribution in [1.82, 2.24) is 4.57 Å². The number of hydrogen-bond donors (Lipinski definition) is 1. The Hall–Kier alpha value is -4.58. The Bertz CT molecular complexity index is 1450. The topological polar surface area (TPSA) is 127 Å². The van der Waals surface area contributed by atoms with E-state index in [4.69, 9.17) is 13.6 Å². The van der Waals surface area contributed by atoms with E-state index in [1.807, 2.05) is 6.92 Å². The monoisotopic (exact) mass is 445 g/mol. The fourth-order valence-electron chi connectivity index (χ4n) is 3.46. The van der Waals surface area contributed by atoms with Gasteiger partial charge in [-0.1, -0.05) is 12.1 Å². The van der Waals surface area contributed by atoms with Crippen LogP contribution >= 0.6 is 0 Å². The molecule has 0 aliphatic heterocycles. The van der Waals surface area contributed by atoms with Crippen molar-refractivity contribution in [3.8, 4) is 6.07 Å². The number of amides is 1. The third kappa shape index (κ3) is 4.27. The van der Waals surface area contributed by atoms with Crippen LogP contribution in [0.3, 0.4) is 0 Å². The molecule has 1 amide bonds. The minimum atomic E-state index is -0.952. The van der Waals surface area contributed by atoms with Gasteiger partial charge in [0, 0.05) is 11.8 Å². The lowest BCUT2D eigenvalue weighted by Crippen LogP contribution is -2.23. The Morgan fingerprint density at radius 2 is 1.97 bits per heavy atom. The summed E-state index contributed by atoms with van der Waals surface area (Å²) in [7, 11) is 0. The zero-order chi connectivity index (χ0) is 23.5. The second-order valence-corrected chi connectivity index (χ2v) is 7.31. The highest BCUT2D eigenvalue weighted by molar-refractivity contribution is 5.95. The van der Waals surface area contributed by atoms with Gasteiger partial charge in [0.15, 0.2) is 12.0 Å². The van der Waals surface area contributed by atoms with Crippen molar-refractivity contribution >= 4 is 28.7 Å². The SMILES string of the molecule is Cc1c(C#N)c(NC(=O)COC(=O)c2cc(=O)c3ccccc3o2)n(Cc2ccco2)c1C. The molecule has 3 aromatic heterocycles. The molecule has 0 bridgehead atoms. The number of fused-ring (bicyclic) bond motifs is 1. The van der Waals surface area contributed by atoms with Crippen LogP contribution < -0.4 is 10.7 Å². The Morgan fingerprint density at radius 3 is 2.70 bits per heavy atom. The average molecular weight is 445 g/mol. The molecule has 0 aliphatic carbocycles. The Kier molecular flexibility index (Phi) is 5.83. The largest absolute Gasteiger partial charge is 0.467 e. The smallest absolute Gasteiger partial charge is 0.374 e. The number of benzene rings is 1. The molecule has 0 unspecified atom stereocenters. The van der Waals surface area contributed by atoms with Gasteiger partial charge < -0.3 is 23.5 Å². The normalized spacial score (nSPS) is 10.7. The number of nitrogens with zero attached hydrogens (tertiary/aromatic N) is 2. The molecule has 1 aromatic carbocycles. The van der Waals surface area contributed by atoms with Crippen LogP contribution in [0.25, 0.3) is 11.0 Å². The molecular formula is C24H19N3O6.